The summed E-state index contributed by atoms with van der Waals surface area (Å²) < 4.78 is 32.4. The molecule has 0 spiro atoms. The molecule has 1 saturated heterocycles. The van der Waals surface area contributed by atoms with Gasteiger partial charge in [-0.2, -0.15) is 0 Å². The van der Waals surface area contributed by atoms with Crippen molar-refractivity contribution in [3.05, 3.63) is 0 Å². The van der Waals surface area contributed by atoms with Gasteiger partial charge in [-0.3, -0.25) is 0 Å². The van der Waals surface area contributed by atoms with Crippen LogP contribution in [-0.4, -0.2) is 60.5 Å². The van der Waals surface area contributed by atoms with Crippen molar-refractivity contribution in [1.82, 2.24) is 0 Å². The Morgan fingerprint density at radius 1 is 0.871 bits per heavy atom. The van der Waals surface area contributed by atoms with Gasteiger partial charge in [0.05, 0.1) is 18.8 Å². The Balaban J connectivity index is 2.36. The molecule has 0 radical (unpaired) electrons. The highest BCUT2D eigenvalue weighted by molar-refractivity contribution is 6.83. The second-order valence-electron chi connectivity index (χ2n) is 10.7. The van der Waals surface area contributed by atoms with E-state index < -0.39 is 23.2 Å². The van der Waals surface area contributed by atoms with Gasteiger partial charge in [-0.1, -0.05) is 55.4 Å². The minimum absolute atomic E-state index is 0.0137. The minimum Gasteiger partial charge on any atom is -0.414 e. The van der Waals surface area contributed by atoms with Crippen LogP contribution in [0.4, 0.5) is 0 Å². The van der Waals surface area contributed by atoms with E-state index in [1.807, 2.05) is 13.8 Å². The Labute approximate surface area is 192 Å². The molecule has 1 aliphatic carbocycles. The number of hydrogen-bond acceptors (Lipinski definition) is 6. The molecule has 5 atom stereocenters. The second-order valence-corrected chi connectivity index (χ2v) is 19.5. The lowest BCUT2D eigenvalue weighted by atomic mass is 10.1. The first kappa shape index (κ1) is 27.4. The standard InChI is InChI=1S/C23H48O6Si2/c1-11-25-19(10)26-13-20-12-21-14-27-30(15(2)3,16(4)5)29-31(17(6)7,18(8)9)28-23(21)22(20)24/h15-24H,11-14H2,1-10H3/t19?,20-,21+,22-,23+/m0/s1. The zero-order valence-electron chi connectivity index (χ0n) is 21.5. The molecule has 0 bridgehead atoms. The Morgan fingerprint density at radius 2 is 1.42 bits per heavy atom. The quantitative estimate of drug-likeness (QED) is 0.358. The number of rotatable bonds is 9. The topological polar surface area (TPSA) is 66.4 Å². The van der Waals surface area contributed by atoms with Crippen LogP contribution in [0.2, 0.25) is 22.2 Å². The van der Waals surface area contributed by atoms with Crippen LogP contribution in [0.15, 0.2) is 0 Å². The highest BCUT2D eigenvalue weighted by atomic mass is 28.5. The van der Waals surface area contributed by atoms with Crippen LogP contribution < -0.4 is 0 Å². The van der Waals surface area contributed by atoms with Gasteiger partial charge in [-0.15, -0.1) is 0 Å². The van der Waals surface area contributed by atoms with Crippen molar-refractivity contribution in [2.75, 3.05) is 19.8 Å². The lowest BCUT2D eigenvalue weighted by molar-refractivity contribution is -0.142. The average molecular weight is 477 g/mol. The molecule has 184 valence electrons. The van der Waals surface area contributed by atoms with Gasteiger partial charge in [0, 0.05) is 25.0 Å². The summed E-state index contributed by atoms with van der Waals surface area (Å²) in [5, 5.41) is 11.3. The Hall–Kier alpha value is 0.194. The number of ether oxygens (including phenoxy) is 2. The molecule has 1 heterocycles. The Kier molecular flexibility index (Phi) is 9.81. The summed E-state index contributed by atoms with van der Waals surface area (Å²) in [5.74, 6) is 0.170. The van der Waals surface area contributed by atoms with E-state index in [0.717, 1.165) is 6.42 Å². The van der Waals surface area contributed by atoms with E-state index in [2.05, 4.69) is 55.4 Å². The van der Waals surface area contributed by atoms with E-state index >= 15 is 0 Å². The highest BCUT2D eigenvalue weighted by Crippen LogP contribution is 2.49. The zero-order valence-corrected chi connectivity index (χ0v) is 23.5. The van der Waals surface area contributed by atoms with Crippen LogP contribution in [0.25, 0.3) is 0 Å². The predicted molar refractivity (Wildman–Crippen MR) is 128 cm³/mol. The number of aliphatic hydroxyl groups excluding tert-OH is 1. The molecule has 0 aromatic rings. The molecule has 6 nitrogen and oxygen atoms in total. The minimum atomic E-state index is -2.68. The molecule has 8 heteroatoms. The average Bonchev–Trinajstić information content (AvgIpc) is 2.94. The molecule has 2 fully saturated rings. The van der Waals surface area contributed by atoms with E-state index in [4.69, 9.17) is 22.4 Å². The van der Waals surface area contributed by atoms with Gasteiger partial charge in [0.25, 0.3) is 0 Å². The molecule has 0 aromatic heterocycles. The first-order valence-corrected chi connectivity index (χ1v) is 16.3. The maximum atomic E-state index is 11.3. The molecular formula is C23H48O6Si2. The molecule has 0 aromatic carbocycles. The molecule has 2 rings (SSSR count). The van der Waals surface area contributed by atoms with Gasteiger partial charge in [-0.05, 0) is 42.4 Å². The molecule has 1 unspecified atom stereocenters. The molecule has 2 aliphatic rings. The summed E-state index contributed by atoms with van der Waals surface area (Å²) in [4.78, 5) is 0. The maximum absolute atomic E-state index is 11.3. The zero-order chi connectivity index (χ0) is 23.6. The number of fused-ring (bicyclic) bond motifs is 1. The lowest BCUT2D eigenvalue weighted by Gasteiger charge is -2.51. The van der Waals surface area contributed by atoms with Gasteiger partial charge >= 0.3 is 17.1 Å². The van der Waals surface area contributed by atoms with Crippen LogP contribution >= 0.6 is 0 Å². The van der Waals surface area contributed by atoms with Gasteiger partial charge in [0.1, 0.15) is 0 Å². The van der Waals surface area contributed by atoms with E-state index in [1.165, 1.54) is 0 Å². The van der Waals surface area contributed by atoms with E-state index in [-0.39, 0.29) is 35.3 Å². The third-order valence-corrected chi connectivity index (χ3v) is 17.5. The number of hydrogen-bond donors (Lipinski definition) is 1. The van der Waals surface area contributed by atoms with E-state index in [0.29, 0.717) is 30.9 Å². The van der Waals surface area contributed by atoms with Crippen LogP contribution in [0.5, 0.6) is 0 Å². The fraction of sp³-hybridized carbons (Fsp3) is 1.00. The van der Waals surface area contributed by atoms with Crippen LogP contribution in [0.3, 0.4) is 0 Å². The van der Waals surface area contributed by atoms with Crippen molar-refractivity contribution >= 4 is 17.1 Å². The molecule has 1 aliphatic heterocycles. The molecular weight excluding hydrogens is 428 g/mol. The van der Waals surface area contributed by atoms with E-state index in [9.17, 15) is 5.11 Å². The maximum Gasteiger partial charge on any atom is 0.335 e. The lowest BCUT2D eigenvalue weighted by Crippen LogP contribution is -2.65. The summed E-state index contributed by atoms with van der Waals surface area (Å²) in [6.45, 7) is 23.3. The van der Waals surface area contributed by atoms with Crippen LogP contribution in [-0.2, 0) is 22.4 Å². The van der Waals surface area contributed by atoms with Gasteiger partial charge in [-0.25, -0.2) is 0 Å². The first-order valence-electron chi connectivity index (χ1n) is 12.3. The third kappa shape index (κ3) is 5.65. The monoisotopic (exact) mass is 476 g/mol. The highest BCUT2D eigenvalue weighted by Gasteiger charge is 2.61. The van der Waals surface area contributed by atoms with Crippen molar-refractivity contribution in [2.24, 2.45) is 11.8 Å². The molecule has 1 N–H and O–H groups in total. The third-order valence-electron chi connectivity index (χ3n) is 7.22. The predicted octanol–water partition coefficient (Wildman–Crippen LogP) is 5.34. The molecule has 1 saturated carbocycles. The van der Waals surface area contributed by atoms with Crippen molar-refractivity contribution in [1.29, 1.82) is 0 Å². The van der Waals surface area contributed by atoms with Crippen molar-refractivity contribution in [3.63, 3.8) is 0 Å². The van der Waals surface area contributed by atoms with Gasteiger partial charge in [0.15, 0.2) is 6.29 Å². The smallest absolute Gasteiger partial charge is 0.335 e. The van der Waals surface area contributed by atoms with Crippen molar-refractivity contribution < 1.29 is 27.5 Å². The Morgan fingerprint density at radius 3 is 1.90 bits per heavy atom. The summed E-state index contributed by atoms with van der Waals surface area (Å²) >= 11 is 0. The summed E-state index contributed by atoms with van der Waals surface area (Å²) in [6.07, 6.45) is -0.277. The summed E-state index contributed by atoms with van der Waals surface area (Å²) in [6, 6.07) is 0. The fourth-order valence-electron chi connectivity index (χ4n) is 5.41. The van der Waals surface area contributed by atoms with Crippen molar-refractivity contribution in [2.45, 2.75) is 116 Å². The SMILES string of the molecule is CCOC(C)OC[C@@H]1C[C@@H]2CO[Si](C(C)C)(C(C)C)O[Si](C(C)C)(C(C)C)O[C@H]2[C@H]1O. The van der Waals surface area contributed by atoms with Gasteiger partial charge < -0.3 is 27.5 Å². The van der Waals surface area contributed by atoms with Crippen LogP contribution in [0, 0.1) is 11.8 Å². The number of aliphatic hydroxyl groups is 1. The van der Waals surface area contributed by atoms with Crippen LogP contribution in [0.1, 0.15) is 75.7 Å². The largest absolute Gasteiger partial charge is 0.414 e. The van der Waals surface area contributed by atoms with E-state index in [1.54, 1.807) is 0 Å². The molecule has 31 heavy (non-hydrogen) atoms. The second kappa shape index (κ2) is 11.1. The molecule has 0 amide bonds. The van der Waals surface area contributed by atoms with Crippen molar-refractivity contribution in [3.8, 4) is 0 Å². The Bertz CT molecular complexity index is 540. The first-order chi connectivity index (χ1) is 14.4. The van der Waals surface area contributed by atoms with Gasteiger partial charge in [0.2, 0.25) is 0 Å². The summed E-state index contributed by atoms with van der Waals surface area (Å²) in [5.41, 5.74) is 1.18. The summed E-state index contributed by atoms with van der Waals surface area (Å²) in [7, 11) is -5.21. The normalized spacial score (nSPS) is 31.8. The fourth-order valence-corrected chi connectivity index (χ4v) is 16.7.